The van der Waals surface area contributed by atoms with Gasteiger partial charge in [0.15, 0.2) is 0 Å². The van der Waals surface area contributed by atoms with Crippen molar-refractivity contribution < 1.29 is 13.2 Å². The maximum atomic E-state index is 12.1. The molecule has 0 saturated heterocycles. The van der Waals surface area contributed by atoms with E-state index in [0.29, 0.717) is 15.8 Å². The summed E-state index contributed by atoms with van der Waals surface area (Å²) in [4.78, 5) is 6.29. The molecule has 0 radical (unpaired) electrons. The SMILES string of the molecule is COc1c(Br)cncc1/C=N/NS(=O)(=O)c1ccc(C)cc1. The molecule has 0 aliphatic rings. The first-order valence-electron chi connectivity index (χ1n) is 6.23. The van der Waals surface area contributed by atoms with Crippen LogP contribution in [0.2, 0.25) is 0 Å². The molecule has 0 spiro atoms. The normalized spacial score (nSPS) is 11.6. The lowest BCUT2D eigenvalue weighted by atomic mass is 10.2. The van der Waals surface area contributed by atoms with Gasteiger partial charge in [0, 0.05) is 12.4 Å². The lowest BCUT2D eigenvalue weighted by Gasteiger charge is -2.06. The molecule has 1 aromatic carbocycles. The van der Waals surface area contributed by atoms with E-state index in [1.807, 2.05) is 6.92 Å². The van der Waals surface area contributed by atoms with Crippen molar-refractivity contribution in [2.24, 2.45) is 5.10 Å². The average Bonchev–Trinajstić information content (AvgIpc) is 2.48. The van der Waals surface area contributed by atoms with Crippen molar-refractivity contribution in [3.8, 4) is 5.75 Å². The van der Waals surface area contributed by atoms with Crippen molar-refractivity contribution in [2.75, 3.05) is 7.11 Å². The van der Waals surface area contributed by atoms with Crippen molar-refractivity contribution in [3.63, 3.8) is 0 Å². The zero-order valence-electron chi connectivity index (χ0n) is 11.9. The van der Waals surface area contributed by atoms with E-state index >= 15 is 0 Å². The van der Waals surface area contributed by atoms with E-state index < -0.39 is 10.0 Å². The number of hydrazone groups is 1. The molecule has 1 heterocycles. The van der Waals surface area contributed by atoms with E-state index in [2.05, 4.69) is 30.8 Å². The number of aromatic nitrogens is 1. The highest BCUT2D eigenvalue weighted by molar-refractivity contribution is 9.10. The third-order valence-corrected chi connectivity index (χ3v) is 4.60. The zero-order valence-corrected chi connectivity index (χ0v) is 14.3. The maximum absolute atomic E-state index is 12.1. The van der Waals surface area contributed by atoms with Gasteiger partial charge in [0.25, 0.3) is 10.0 Å². The summed E-state index contributed by atoms with van der Waals surface area (Å²) in [6.07, 6.45) is 4.43. The minimum Gasteiger partial charge on any atom is -0.495 e. The molecule has 0 amide bonds. The third-order valence-electron chi connectivity index (χ3n) is 2.79. The predicted octanol–water partition coefficient (Wildman–Crippen LogP) is 2.47. The molecule has 0 aliphatic heterocycles. The van der Waals surface area contributed by atoms with Crippen molar-refractivity contribution in [3.05, 3.63) is 52.3 Å². The van der Waals surface area contributed by atoms with E-state index in [4.69, 9.17) is 4.74 Å². The summed E-state index contributed by atoms with van der Waals surface area (Å²) < 4.78 is 30.0. The fraction of sp³-hybridized carbons (Fsp3) is 0.143. The Balaban J connectivity index is 2.19. The van der Waals surface area contributed by atoms with Crippen molar-refractivity contribution in [1.82, 2.24) is 9.82 Å². The predicted molar refractivity (Wildman–Crippen MR) is 87.6 cm³/mol. The van der Waals surface area contributed by atoms with E-state index in [9.17, 15) is 8.42 Å². The second-order valence-electron chi connectivity index (χ2n) is 4.41. The number of nitrogens with one attached hydrogen (secondary N) is 1. The molecule has 2 rings (SSSR count). The highest BCUT2D eigenvalue weighted by Gasteiger charge is 2.12. The van der Waals surface area contributed by atoms with E-state index in [-0.39, 0.29) is 4.90 Å². The van der Waals surface area contributed by atoms with Crippen LogP contribution in [0.4, 0.5) is 0 Å². The van der Waals surface area contributed by atoms with Crippen molar-refractivity contribution in [1.29, 1.82) is 0 Å². The summed E-state index contributed by atoms with van der Waals surface area (Å²) in [6.45, 7) is 1.88. The Bertz CT molecular complexity index is 789. The summed E-state index contributed by atoms with van der Waals surface area (Å²) >= 11 is 3.29. The van der Waals surface area contributed by atoms with Gasteiger partial charge in [0.2, 0.25) is 0 Å². The van der Waals surface area contributed by atoms with Gasteiger partial charge in [-0.15, -0.1) is 0 Å². The first kappa shape index (κ1) is 16.4. The molecular weight excluding hydrogens is 370 g/mol. The number of sulfonamides is 1. The Morgan fingerprint density at radius 3 is 2.59 bits per heavy atom. The molecule has 2 aromatic rings. The van der Waals surface area contributed by atoms with Gasteiger partial charge >= 0.3 is 0 Å². The van der Waals surface area contributed by atoms with Crippen LogP contribution in [-0.4, -0.2) is 26.7 Å². The van der Waals surface area contributed by atoms with Crippen molar-refractivity contribution >= 4 is 32.2 Å². The number of aryl methyl sites for hydroxylation is 1. The molecule has 8 heteroatoms. The lowest BCUT2D eigenvalue weighted by molar-refractivity contribution is 0.411. The van der Waals surface area contributed by atoms with Crippen molar-refractivity contribution in [2.45, 2.75) is 11.8 Å². The Morgan fingerprint density at radius 1 is 1.27 bits per heavy atom. The smallest absolute Gasteiger partial charge is 0.276 e. The Labute approximate surface area is 137 Å². The van der Waals surface area contributed by atoms with E-state index in [0.717, 1.165) is 5.56 Å². The van der Waals surface area contributed by atoms with Gasteiger partial charge in [-0.2, -0.15) is 13.5 Å². The van der Waals surface area contributed by atoms with Crippen LogP contribution in [0.25, 0.3) is 0 Å². The Kier molecular flexibility index (Phi) is 5.15. The first-order chi connectivity index (χ1) is 10.4. The highest BCUT2D eigenvalue weighted by Crippen LogP contribution is 2.26. The number of pyridine rings is 1. The molecule has 116 valence electrons. The Morgan fingerprint density at radius 2 is 1.95 bits per heavy atom. The van der Waals surface area contributed by atoms with Crippen LogP contribution in [0, 0.1) is 6.92 Å². The quantitative estimate of drug-likeness (QED) is 0.635. The number of halogens is 1. The number of hydrogen-bond donors (Lipinski definition) is 1. The molecule has 0 unspecified atom stereocenters. The summed E-state index contributed by atoms with van der Waals surface area (Å²) in [5.41, 5.74) is 1.52. The van der Waals surface area contributed by atoms with Crippen LogP contribution in [0.5, 0.6) is 5.75 Å². The number of hydrogen-bond acceptors (Lipinski definition) is 5. The molecule has 22 heavy (non-hydrogen) atoms. The molecule has 0 atom stereocenters. The lowest BCUT2D eigenvalue weighted by Crippen LogP contribution is -2.18. The fourth-order valence-electron chi connectivity index (χ4n) is 1.68. The highest BCUT2D eigenvalue weighted by atomic mass is 79.9. The van der Waals surface area contributed by atoms with Gasteiger partial charge < -0.3 is 4.74 Å². The summed E-state index contributed by atoms with van der Waals surface area (Å²) in [7, 11) is -2.19. The summed E-state index contributed by atoms with van der Waals surface area (Å²) in [5, 5.41) is 3.76. The van der Waals surface area contributed by atoms with Gasteiger partial charge in [-0.3, -0.25) is 4.98 Å². The minimum atomic E-state index is -3.70. The van der Waals surface area contributed by atoms with Gasteiger partial charge in [-0.25, -0.2) is 4.83 Å². The fourth-order valence-corrected chi connectivity index (χ4v) is 2.98. The van der Waals surface area contributed by atoms with Gasteiger partial charge in [0.05, 0.1) is 28.3 Å². The number of rotatable bonds is 5. The standard InChI is InChI=1S/C14H14BrN3O3S/c1-10-3-5-12(6-4-10)22(19,20)18-17-8-11-7-16-9-13(15)14(11)21-2/h3-9,18H,1-2H3/b17-8+. The van der Waals surface area contributed by atoms with Gasteiger partial charge in [0.1, 0.15) is 5.75 Å². The molecule has 1 N–H and O–H groups in total. The molecule has 6 nitrogen and oxygen atoms in total. The first-order valence-corrected chi connectivity index (χ1v) is 8.50. The van der Waals surface area contributed by atoms with Crippen LogP contribution in [-0.2, 0) is 10.0 Å². The van der Waals surface area contributed by atoms with E-state index in [1.165, 1.54) is 31.7 Å². The molecule has 0 aliphatic carbocycles. The monoisotopic (exact) mass is 383 g/mol. The van der Waals surface area contributed by atoms with Crippen LogP contribution < -0.4 is 9.57 Å². The Hall–Kier alpha value is -1.93. The van der Waals surface area contributed by atoms with Crippen LogP contribution in [0.15, 0.2) is 51.1 Å². The molecular formula is C14H14BrN3O3S. The van der Waals surface area contributed by atoms with Gasteiger partial charge in [-0.05, 0) is 35.0 Å². The maximum Gasteiger partial charge on any atom is 0.276 e. The third kappa shape index (κ3) is 3.83. The van der Waals surface area contributed by atoms with Crippen LogP contribution in [0.1, 0.15) is 11.1 Å². The topological polar surface area (TPSA) is 80.7 Å². The number of benzene rings is 1. The number of ether oxygens (including phenoxy) is 1. The van der Waals surface area contributed by atoms with E-state index in [1.54, 1.807) is 18.3 Å². The minimum absolute atomic E-state index is 0.148. The average molecular weight is 384 g/mol. The second kappa shape index (κ2) is 6.89. The summed E-state index contributed by atoms with van der Waals surface area (Å²) in [5.74, 6) is 0.522. The zero-order chi connectivity index (χ0) is 16.2. The molecule has 0 fully saturated rings. The molecule has 1 aromatic heterocycles. The summed E-state index contributed by atoms with van der Waals surface area (Å²) in [6, 6.07) is 6.49. The van der Waals surface area contributed by atoms with Gasteiger partial charge in [-0.1, -0.05) is 17.7 Å². The number of methoxy groups -OCH3 is 1. The second-order valence-corrected chi connectivity index (χ2v) is 6.92. The molecule has 0 bridgehead atoms. The van der Waals surface area contributed by atoms with Crippen LogP contribution >= 0.6 is 15.9 Å². The largest absolute Gasteiger partial charge is 0.495 e. The number of nitrogens with zero attached hydrogens (tertiary/aromatic N) is 2. The van der Waals surface area contributed by atoms with Crippen LogP contribution in [0.3, 0.4) is 0 Å². The molecule has 0 saturated carbocycles.